The van der Waals surface area contributed by atoms with Gasteiger partial charge in [0.2, 0.25) is 0 Å². The zero-order chi connectivity index (χ0) is 16.1. The molecule has 0 unspecified atom stereocenters. The lowest BCUT2D eigenvalue weighted by Gasteiger charge is -2.09. The van der Waals surface area contributed by atoms with Crippen LogP contribution in [0.15, 0.2) is 73.1 Å². The van der Waals surface area contributed by atoms with Crippen LogP contribution in [0.3, 0.4) is 0 Å². The van der Waals surface area contributed by atoms with Gasteiger partial charge in [0.15, 0.2) is 5.78 Å². The summed E-state index contributed by atoms with van der Waals surface area (Å²) in [7, 11) is 0. The molecule has 2 aromatic carbocycles. The molecule has 1 aromatic heterocycles. The van der Waals surface area contributed by atoms with Crippen LogP contribution < -0.4 is 4.74 Å². The van der Waals surface area contributed by atoms with Gasteiger partial charge < -0.3 is 4.74 Å². The van der Waals surface area contributed by atoms with Crippen LogP contribution in [0.2, 0.25) is 5.02 Å². The van der Waals surface area contributed by atoms with Crippen molar-refractivity contribution in [2.24, 2.45) is 0 Å². The minimum Gasteiger partial charge on any atom is -0.456 e. The number of hydrogen-bond acceptors (Lipinski definition) is 3. The van der Waals surface area contributed by atoms with Crippen LogP contribution in [0.5, 0.6) is 11.5 Å². The molecule has 0 saturated carbocycles. The zero-order valence-electron chi connectivity index (χ0n) is 12.3. The largest absolute Gasteiger partial charge is 0.456 e. The van der Waals surface area contributed by atoms with Gasteiger partial charge in [-0.25, -0.2) is 0 Å². The highest BCUT2D eigenvalue weighted by atomic mass is 35.5. The fourth-order valence-electron chi connectivity index (χ4n) is 2.16. The summed E-state index contributed by atoms with van der Waals surface area (Å²) in [6.07, 6.45) is 3.66. The monoisotopic (exact) mass is 323 g/mol. The molecule has 4 heteroatoms. The Balaban J connectivity index is 1.75. The van der Waals surface area contributed by atoms with Crippen molar-refractivity contribution in [1.82, 2.24) is 4.98 Å². The van der Waals surface area contributed by atoms with Gasteiger partial charge in [-0.3, -0.25) is 9.78 Å². The van der Waals surface area contributed by atoms with Crippen LogP contribution in [0, 0.1) is 0 Å². The van der Waals surface area contributed by atoms with Gasteiger partial charge in [0.1, 0.15) is 11.5 Å². The second-order valence-corrected chi connectivity index (χ2v) is 5.43. The Labute approximate surface area is 139 Å². The molecular weight excluding hydrogens is 310 g/mol. The zero-order valence-corrected chi connectivity index (χ0v) is 13.0. The summed E-state index contributed by atoms with van der Waals surface area (Å²) in [6, 6.07) is 18.1. The maximum Gasteiger partial charge on any atom is 0.167 e. The van der Waals surface area contributed by atoms with Gasteiger partial charge in [0.25, 0.3) is 0 Å². The summed E-state index contributed by atoms with van der Waals surface area (Å²) >= 11 is 6.24. The van der Waals surface area contributed by atoms with Crippen molar-refractivity contribution in [3.8, 4) is 11.5 Å². The van der Waals surface area contributed by atoms with Gasteiger partial charge in [-0.15, -0.1) is 0 Å². The van der Waals surface area contributed by atoms with E-state index in [1.807, 2.05) is 42.5 Å². The molecule has 23 heavy (non-hydrogen) atoms. The van der Waals surface area contributed by atoms with Gasteiger partial charge in [-0.1, -0.05) is 35.9 Å². The smallest absolute Gasteiger partial charge is 0.167 e. The van der Waals surface area contributed by atoms with Crippen LogP contribution in [0.25, 0.3) is 0 Å². The summed E-state index contributed by atoms with van der Waals surface area (Å²) in [5.41, 5.74) is 1.43. The van der Waals surface area contributed by atoms with Crippen LogP contribution in [0.1, 0.15) is 15.9 Å². The lowest BCUT2D eigenvalue weighted by molar-refractivity contribution is 0.0993. The third-order valence-electron chi connectivity index (χ3n) is 3.31. The molecule has 1 heterocycles. The van der Waals surface area contributed by atoms with Crippen molar-refractivity contribution in [3.63, 3.8) is 0 Å². The van der Waals surface area contributed by atoms with E-state index in [1.165, 1.54) is 0 Å². The second kappa shape index (κ2) is 7.07. The van der Waals surface area contributed by atoms with Crippen LogP contribution >= 0.6 is 11.6 Å². The molecule has 114 valence electrons. The molecule has 3 rings (SSSR count). The average Bonchev–Trinajstić information content (AvgIpc) is 2.58. The van der Waals surface area contributed by atoms with E-state index in [2.05, 4.69) is 4.98 Å². The minimum atomic E-state index is -0.00818. The summed E-state index contributed by atoms with van der Waals surface area (Å²) < 4.78 is 5.71. The highest BCUT2D eigenvalue weighted by Crippen LogP contribution is 2.30. The third kappa shape index (κ3) is 3.96. The summed E-state index contributed by atoms with van der Waals surface area (Å²) in [5, 5.41) is 0.408. The normalized spacial score (nSPS) is 10.3. The fraction of sp³-hybridized carbons (Fsp3) is 0.0526. The Hall–Kier alpha value is -2.65. The Kier molecular flexibility index (Phi) is 4.69. The van der Waals surface area contributed by atoms with Gasteiger partial charge in [0.05, 0.1) is 5.02 Å². The van der Waals surface area contributed by atoms with Crippen molar-refractivity contribution in [2.75, 3.05) is 0 Å². The molecule has 0 aliphatic carbocycles. The van der Waals surface area contributed by atoms with Crippen molar-refractivity contribution in [3.05, 3.63) is 89.2 Å². The summed E-state index contributed by atoms with van der Waals surface area (Å²) in [5.74, 6) is 1.21. The molecule has 0 radical (unpaired) electrons. The third-order valence-corrected chi connectivity index (χ3v) is 3.61. The van der Waals surface area contributed by atoms with Gasteiger partial charge >= 0.3 is 0 Å². The topological polar surface area (TPSA) is 39.2 Å². The molecule has 0 atom stereocenters. The predicted molar refractivity (Wildman–Crippen MR) is 90.2 cm³/mol. The van der Waals surface area contributed by atoms with E-state index in [1.54, 1.807) is 30.6 Å². The number of rotatable bonds is 5. The first-order valence-electron chi connectivity index (χ1n) is 7.17. The van der Waals surface area contributed by atoms with E-state index in [4.69, 9.17) is 16.3 Å². The number of aromatic nitrogens is 1. The van der Waals surface area contributed by atoms with Crippen LogP contribution in [0.4, 0.5) is 0 Å². The number of carbonyl (C=O) groups excluding carboxylic acids is 1. The van der Waals surface area contributed by atoms with E-state index < -0.39 is 0 Å². The molecule has 0 saturated heterocycles. The molecule has 0 spiro atoms. The van der Waals surface area contributed by atoms with Crippen molar-refractivity contribution in [1.29, 1.82) is 0 Å². The molecule has 0 amide bonds. The maximum atomic E-state index is 12.3. The summed E-state index contributed by atoms with van der Waals surface area (Å²) in [6.45, 7) is 0. The number of pyridine rings is 1. The average molecular weight is 324 g/mol. The lowest BCUT2D eigenvalue weighted by atomic mass is 10.0. The molecule has 3 nitrogen and oxygen atoms in total. The molecule has 3 aromatic rings. The predicted octanol–water partition coefficient (Wildman–Crippen LogP) is 4.95. The number of nitrogens with zero attached hydrogens (tertiary/aromatic N) is 1. The van der Waals surface area contributed by atoms with E-state index in [0.29, 0.717) is 28.5 Å². The maximum absolute atomic E-state index is 12.3. The first-order chi connectivity index (χ1) is 11.2. The number of halogens is 1. The van der Waals surface area contributed by atoms with Gasteiger partial charge in [-0.2, -0.15) is 0 Å². The van der Waals surface area contributed by atoms with E-state index in [9.17, 15) is 4.79 Å². The van der Waals surface area contributed by atoms with E-state index in [0.717, 1.165) is 5.56 Å². The highest BCUT2D eigenvalue weighted by Gasteiger charge is 2.11. The second-order valence-electron chi connectivity index (χ2n) is 5.02. The Morgan fingerprint density at radius 2 is 1.87 bits per heavy atom. The first kappa shape index (κ1) is 15.3. The number of Topliss-reactive ketones (excluding diaryl/α,β-unsaturated/α-hetero) is 1. The molecular formula is C19H14ClNO2. The van der Waals surface area contributed by atoms with Crippen LogP contribution in [-0.2, 0) is 6.42 Å². The van der Waals surface area contributed by atoms with Gasteiger partial charge in [0, 0.05) is 24.4 Å². The molecule has 0 fully saturated rings. The number of para-hydroxylation sites is 1. The number of ketones is 1. The molecule has 0 aliphatic heterocycles. The molecule has 0 N–H and O–H groups in total. The minimum absolute atomic E-state index is 0.00818. The van der Waals surface area contributed by atoms with Gasteiger partial charge in [-0.05, 0) is 42.0 Å². The molecule has 0 bridgehead atoms. The number of benzene rings is 2. The summed E-state index contributed by atoms with van der Waals surface area (Å²) in [4.78, 5) is 16.3. The van der Waals surface area contributed by atoms with E-state index in [-0.39, 0.29) is 5.78 Å². The number of hydrogen-bond donors (Lipinski definition) is 0. The lowest BCUT2D eigenvalue weighted by Crippen LogP contribution is -2.04. The van der Waals surface area contributed by atoms with Crippen molar-refractivity contribution < 1.29 is 9.53 Å². The number of ether oxygens (including phenoxy) is 1. The Bertz CT molecular complexity index is 804. The van der Waals surface area contributed by atoms with Crippen molar-refractivity contribution >= 4 is 17.4 Å². The highest BCUT2D eigenvalue weighted by molar-refractivity contribution is 6.32. The Morgan fingerprint density at radius 3 is 2.57 bits per heavy atom. The van der Waals surface area contributed by atoms with Crippen LogP contribution in [-0.4, -0.2) is 10.8 Å². The fourth-order valence-corrected chi connectivity index (χ4v) is 2.38. The first-order valence-corrected chi connectivity index (χ1v) is 7.55. The Morgan fingerprint density at radius 1 is 1.04 bits per heavy atom. The quantitative estimate of drug-likeness (QED) is 0.623. The van der Waals surface area contributed by atoms with Crippen molar-refractivity contribution in [2.45, 2.75) is 6.42 Å². The standard InChI is InChI=1S/C19H14ClNO2/c20-17-12-15(18(22)11-14-5-4-10-21-13-14)8-9-19(17)23-16-6-2-1-3-7-16/h1-10,12-13H,11H2. The van der Waals surface area contributed by atoms with E-state index >= 15 is 0 Å². The number of carbonyl (C=O) groups is 1. The SMILES string of the molecule is O=C(Cc1cccnc1)c1ccc(Oc2ccccc2)c(Cl)c1. The molecule has 0 aliphatic rings.